The van der Waals surface area contributed by atoms with E-state index in [2.05, 4.69) is 10.3 Å². The number of carbonyl (C=O) groups is 1. The average molecular weight is 308 g/mol. The van der Waals surface area contributed by atoms with Gasteiger partial charge in [-0.3, -0.25) is 9.78 Å². The Morgan fingerprint density at radius 2 is 1.86 bits per heavy atom. The first kappa shape index (κ1) is 15.6. The number of hydrogen-bond acceptors (Lipinski definition) is 4. The Kier molecular flexibility index (Phi) is 4.45. The summed E-state index contributed by atoms with van der Waals surface area (Å²) in [5.41, 5.74) is 0.706. The number of alkyl halides is 3. The highest BCUT2D eigenvalue weighted by Crippen LogP contribution is 2.23. The highest BCUT2D eigenvalue weighted by molar-refractivity contribution is 6.02. The van der Waals surface area contributed by atoms with Crippen LogP contribution >= 0.6 is 0 Å². The lowest BCUT2D eigenvalue weighted by molar-refractivity contribution is -0.165. The van der Waals surface area contributed by atoms with Gasteiger partial charge in [0, 0.05) is 29.7 Å². The van der Waals surface area contributed by atoms with Crippen molar-refractivity contribution in [1.82, 2.24) is 4.98 Å². The molecule has 0 fully saturated rings. The van der Waals surface area contributed by atoms with Crippen LogP contribution in [0.25, 0.3) is 5.70 Å². The third-order valence-electron chi connectivity index (χ3n) is 2.67. The van der Waals surface area contributed by atoms with Crippen LogP contribution in [0.1, 0.15) is 5.56 Å². The highest BCUT2D eigenvalue weighted by Gasteiger charge is 2.36. The smallest absolute Gasteiger partial charge is 0.454 e. The number of halogens is 3. The van der Waals surface area contributed by atoms with Gasteiger partial charge in [-0.25, -0.2) is 0 Å². The Morgan fingerprint density at radius 1 is 1.18 bits per heavy atom. The van der Waals surface area contributed by atoms with E-state index in [9.17, 15) is 23.1 Å². The summed E-state index contributed by atoms with van der Waals surface area (Å²) in [5, 5.41) is 11.9. The van der Waals surface area contributed by atoms with E-state index in [0.717, 1.165) is 0 Å². The summed E-state index contributed by atoms with van der Waals surface area (Å²) >= 11 is 0. The van der Waals surface area contributed by atoms with Crippen LogP contribution in [-0.2, 0) is 4.79 Å². The fraction of sp³-hybridized carbons (Fsp3) is 0.0667. The van der Waals surface area contributed by atoms with Crippen LogP contribution in [0.5, 0.6) is 5.75 Å². The molecule has 0 unspecified atom stereocenters. The number of aromatic hydroxyl groups is 1. The van der Waals surface area contributed by atoms with Crippen LogP contribution in [0.15, 0.2) is 54.9 Å². The fourth-order valence-corrected chi connectivity index (χ4v) is 1.63. The highest BCUT2D eigenvalue weighted by atomic mass is 19.4. The Morgan fingerprint density at radius 3 is 2.41 bits per heavy atom. The van der Waals surface area contributed by atoms with E-state index < -0.39 is 12.0 Å². The summed E-state index contributed by atoms with van der Waals surface area (Å²) in [5.74, 6) is -1.96. The number of phenols is 1. The molecule has 0 aliphatic rings. The van der Waals surface area contributed by atoms with Crippen LogP contribution < -0.4 is 5.32 Å². The maximum atomic E-state index is 12.4. The van der Waals surface area contributed by atoms with E-state index in [4.69, 9.17) is 0 Å². The van der Waals surface area contributed by atoms with Crippen molar-refractivity contribution in [3.8, 4) is 5.75 Å². The van der Waals surface area contributed by atoms with Crippen molar-refractivity contribution in [3.05, 3.63) is 60.4 Å². The molecule has 0 aliphatic carbocycles. The number of aromatic nitrogens is 1. The van der Waals surface area contributed by atoms with Gasteiger partial charge in [-0.05, 0) is 36.4 Å². The van der Waals surface area contributed by atoms with E-state index in [-0.39, 0.29) is 11.4 Å². The van der Waals surface area contributed by atoms with E-state index in [1.807, 2.05) is 0 Å². The van der Waals surface area contributed by atoms with Crippen molar-refractivity contribution in [1.29, 1.82) is 0 Å². The number of carbonyl (C=O) groups excluding carboxylic acids is 1. The number of pyridine rings is 1. The van der Waals surface area contributed by atoms with Crippen molar-refractivity contribution in [2.45, 2.75) is 6.18 Å². The van der Waals surface area contributed by atoms with Gasteiger partial charge in [-0.15, -0.1) is 0 Å². The lowest BCUT2D eigenvalue weighted by Crippen LogP contribution is -2.21. The first-order valence-electron chi connectivity index (χ1n) is 6.15. The first-order chi connectivity index (χ1) is 10.4. The van der Waals surface area contributed by atoms with Crippen LogP contribution in [0.2, 0.25) is 0 Å². The number of rotatable bonds is 4. The number of hydrogen-bond donors (Lipinski definition) is 2. The Balaban J connectivity index is 2.36. The van der Waals surface area contributed by atoms with Gasteiger partial charge in [0.25, 0.3) is 5.78 Å². The van der Waals surface area contributed by atoms with E-state index >= 15 is 0 Å². The lowest BCUT2D eigenvalue weighted by atomic mass is 10.1. The molecule has 2 rings (SSSR count). The minimum absolute atomic E-state index is 0.0174. The average Bonchev–Trinajstić information content (AvgIpc) is 2.48. The fourth-order valence-electron chi connectivity index (χ4n) is 1.63. The zero-order valence-corrected chi connectivity index (χ0v) is 11.1. The predicted octanol–water partition coefficient (Wildman–Crippen LogP) is 3.37. The third kappa shape index (κ3) is 4.08. The summed E-state index contributed by atoms with van der Waals surface area (Å²) in [6, 6.07) is 8.74. The summed E-state index contributed by atoms with van der Waals surface area (Å²) in [4.78, 5) is 15.0. The minimum atomic E-state index is -4.95. The van der Waals surface area contributed by atoms with Crippen molar-refractivity contribution in [3.63, 3.8) is 0 Å². The molecule has 1 heterocycles. The standard InChI is InChI=1S/C15H11F3N2O2/c16-15(17,18)14(22)8-13(10-2-1-7-19-9-10)20-11-3-5-12(21)6-4-11/h1-9,20-21H/b13-8-. The van der Waals surface area contributed by atoms with Crippen molar-refractivity contribution in [2.24, 2.45) is 0 Å². The number of nitrogens with zero attached hydrogens (tertiary/aromatic N) is 1. The van der Waals surface area contributed by atoms with Crippen molar-refractivity contribution in [2.75, 3.05) is 5.32 Å². The van der Waals surface area contributed by atoms with Gasteiger partial charge in [0.05, 0.1) is 5.70 Å². The number of anilines is 1. The Labute approximate surface area is 123 Å². The van der Waals surface area contributed by atoms with E-state index in [1.165, 1.54) is 42.7 Å². The van der Waals surface area contributed by atoms with Crippen LogP contribution in [0.3, 0.4) is 0 Å². The summed E-state index contributed by atoms with van der Waals surface area (Å²) in [6.07, 6.45) is -1.68. The maximum Gasteiger partial charge on any atom is 0.454 e. The van der Waals surface area contributed by atoms with Crippen molar-refractivity contribution >= 4 is 17.2 Å². The normalized spacial score (nSPS) is 12.0. The van der Waals surface area contributed by atoms with Gasteiger partial charge in [0.15, 0.2) is 0 Å². The molecule has 4 nitrogen and oxygen atoms in total. The molecule has 1 aromatic heterocycles. The molecular formula is C15H11F3N2O2. The first-order valence-corrected chi connectivity index (χ1v) is 6.15. The van der Waals surface area contributed by atoms with Crippen LogP contribution in [0, 0.1) is 0 Å². The summed E-state index contributed by atoms with van der Waals surface area (Å²) < 4.78 is 37.3. The zero-order chi connectivity index (χ0) is 16.2. The largest absolute Gasteiger partial charge is 0.508 e. The van der Waals surface area contributed by atoms with Crippen molar-refractivity contribution < 1.29 is 23.1 Å². The molecule has 1 aromatic carbocycles. The van der Waals surface area contributed by atoms with Gasteiger partial charge in [-0.1, -0.05) is 0 Å². The third-order valence-corrected chi connectivity index (χ3v) is 2.67. The molecule has 0 atom stereocenters. The molecular weight excluding hydrogens is 297 g/mol. The lowest BCUT2D eigenvalue weighted by Gasteiger charge is -2.12. The molecule has 7 heteroatoms. The summed E-state index contributed by atoms with van der Waals surface area (Å²) in [6.45, 7) is 0. The molecule has 114 valence electrons. The molecule has 0 bridgehead atoms. The number of allylic oxidation sites excluding steroid dienone is 1. The van der Waals surface area contributed by atoms with E-state index in [1.54, 1.807) is 6.07 Å². The monoisotopic (exact) mass is 308 g/mol. The number of benzene rings is 1. The van der Waals surface area contributed by atoms with Gasteiger partial charge in [0.2, 0.25) is 0 Å². The molecule has 22 heavy (non-hydrogen) atoms. The predicted molar refractivity (Wildman–Crippen MR) is 75.0 cm³/mol. The minimum Gasteiger partial charge on any atom is -0.508 e. The molecule has 0 aliphatic heterocycles. The molecule has 2 aromatic rings. The molecule has 0 saturated carbocycles. The Hall–Kier alpha value is -2.83. The SMILES string of the molecule is O=C(/C=C(\Nc1ccc(O)cc1)c1cccnc1)C(F)(F)F. The second-order valence-corrected chi connectivity index (χ2v) is 4.33. The molecule has 0 radical (unpaired) electrons. The molecule has 0 spiro atoms. The maximum absolute atomic E-state index is 12.4. The van der Waals surface area contributed by atoms with Crippen LogP contribution in [0.4, 0.5) is 18.9 Å². The van der Waals surface area contributed by atoms with Gasteiger partial charge in [0.1, 0.15) is 5.75 Å². The van der Waals surface area contributed by atoms with Crippen LogP contribution in [-0.4, -0.2) is 22.1 Å². The van der Waals surface area contributed by atoms with Gasteiger partial charge < -0.3 is 10.4 Å². The quantitative estimate of drug-likeness (QED) is 0.671. The second-order valence-electron chi connectivity index (χ2n) is 4.33. The van der Waals surface area contributed by atoms with Gasteiger partial charge in [-0.2, -0.15) is 13.2 Å². The Bertz CT molecular complexity index is 680. The molecule has 2 N–H and O–H groups in total. The second kappa shape index (κ2) is 6.30. The van der Waals surface area contributed by atoms with E-state index in [0.29, 0.717) is 17.3 Å². The number of nitrogens with one attached hydrogen (secondary N) is 1. The summed E-state index contributed by atoms with van der Waals surface area (Å²) in [7, 11) is 0. The number of ketones is 1. The zero-order valence-electron chi connectivity index (χ0n) is 11.1. The topological polar surface area (TPSA) is 62.2 Å². The van der Waals surface area contributed by atoms with Gasteiger partial charge >= 0.3 is 6.18 Å². The molecule has 0 saturated heterocycles. The molecule has 0 amide bonds. The number of phenolic OH excluding ortho intramolecular Hbond substituents is 1.